The van der Waals surface area contributed by atoms with Gasteiger partial charge in [-0.1, -0.05) is 4.47 Å². The van der Waals surface area contributed by atoms with Crippen LogP contribution in [0.15, 0.2) is 34.1 Å². The zero-order chi connectivity index (χ0) is 13.3. The van der Waals surface area contributed by atoms with Gasteiger partial charge in [0.25, 0.3) is 10.0 Å². The van der Waals surface area contributed by atoms with E-state index in [1.165, 1.54) is 38.4 Å². The van der Waals surface area contributed by atoms with E-state index in [1.807, 2.05) is 0 Å². The molecule has 0 amide bonds. The molecule has 0 bridgehead atoms. The summed E-state index contributed by atoms with van der Waals surface area (Å²) in [7, 11) is -4.59. The second-order valence-electron chi connectivity index (χ2n) is 3.34. The minimum Gasteiger partial charge on any atom is -0.288 e. The number of sulfone groups is 1. The Morgan fingerprint density at radius 2 is 1.41 bits per heavy atom. The highest BCUT2D eigenvalue weighted by molar-refractivity contribution is 7.90. The summed E-state index contributed by atoms with van der Waals surface area (Å²) in [5.74, 6) is 0. The van der Waals surface area contributed by atoms with E-state index < -0.39 is 19.9 Å². The van der Waals surface area contributed by atoms with Crippen molar-refractivity contribution in [2.45, 2.75) is 9.79 Å². The number of hydroxylamine groups is 1. The Bertz CT molecular complexity index is 589. The van der Waals surface area contributed by atoms with Crippen molar-refractivity contribution in [1.29, 1.82) is 0 Å². The van der Waals surface area contributed by atoms with Crippen LogP contribution in [0.5, 0.6) is 0 Å². The molecular weight excluding hydrogens is 266 g/mol. The van der Waals surface area contributed by atoms with Gasteiger partial charge in [0, 0.05) is 13.3 Å². The van der Waals surface area contributed by atoms with Crippen molar-refractivity contribution in [2.75, 3.05) is 20.4 Å². The molecule has 0 N–H and O–H groups in total. The predicted octanol–water partition coefficient (Wildman–Crippen LogP) is 0.272. The Morgan fingerprint density at radius 1 is 1.00 bits per heavy atom. The smallest absolute Gasteiger partial charge is 0.264 e. The van der Waals surface area contributed by atoms with Crippen LogP contribution in [0.2, 0.25) is 0 Å². The standard InChI is InChI=1S/C9H13NO5S2/c1-10(15-2)17(13,14)9-6-4-8(5-7-9)16(3,11)12/h4-7H,1-3H3. The van der Waals surface area contributed by atoms with Crippen molar-refractivity contribution < 1.29 is 21.7 Å². The van der Waals surface area contributed by atoms with Crippen LogP contribution in [0.4, 0.5) is 0 Å². The number of benzene rings is 1. The van der Waals surface area contributed by atoms with E-state index in [-0.39, 0.29) is 9.79 Å². The first-order valence-corrected chi connectivity index (χ1v) is 7.86. The topological polar surface area (TPSA) is 80.8 Å². The lowest BCUT2D eigenvalue weighted by molar-refractivity contribution is -0.0258. The maximum atomic E-state index is 11.8. The molecule has 1 aromatic carbocycles. The second kappa shape index (κ2) is 4.73. The van der Waals surface area contributed by atoms with E-state index in [0.29, 0.717) is 4.47 Å². The van der Waals surface area contributed by atoms with E-state index in [4.69, 9.17) is 0 Å². The van der Waals surface area contributed by atoms with Crippen LogP contribution in [0, 0.1) is 0 Å². The molecule has 8 heteroatoms. The van der Waals surface area contributed by atoms with Gasteiger partial charge in [-0.05, 0) is 24.3 Å². The van der Waals surface area contributed by atoms with Gasteiger partial charge in [-0.3, -0.25) is 4.84 Å². The molecule has 0 aliphatic heterocycles. The molecule has 0 saturated heterocycles. The summed E-state index contributed by atoms with van der Waals surface area (Å²) >= 11 is 0. The average molecular weight is 279 g/mol. The first-order chi connectivity index (χ1) is 7.69. The quantitative estimate of drug-likeness (QED) is 0.739. The Labute approximate surface area is 101 Å². The number of hydrogen-bond acceptors (Lipinski definition) is 5. The molecule has 0 aliphatic rings. The van der Waals surface area contributed by atoms with Gasteiger partial charge in [-0.25, -0.2) is 16.8 Å². The molecule has 0 saturated carbocycles. The molecule has 96 valence electrons. The molecule has 0 unspecified atom stereocenters. The fraction of sp³-hybridized carbons (Fsp3) is 0.333. The van der Waals surface area contributed by atoms with Gasteiger partial charge < -0.3 is 0 Å². The van der Waals surface area contributed by atoms with Gasteiger partial charge in [0.1, 0.15) is 0 Å². The molecule has 0 aromatic heterocycles. The number of nitrogens with zero attached hydrogens (tertiary/aromatic N) is 1. The molecule has 0 spiro atoms. The first-order valence-electron chi connectivity index (χ1n) is 4.53. The maximum absolute atomic E-state index is 11.8. The molecule has 0 heterocycles. The lowest BCUT2D eigenvalue weighted by atomic mass is 10.4. The molecule has 17 heavy (non-hydrogen) atoms. The number of hydrogen-bond donors (Lipinski definition) is 0. The Kier molecular flexibility index (Phi) is 3.92. The second-order valence-corrected chi connectivity index (χ2v) is 7.29. The van der Waals surface area contributed by atoms with Crippen molar-refractivity contribution in [3.05, 3.63) is 24.3 Å². The lowest BCUT2D eigenvalue weighted by Gasteiger charge is -2.14. The van der Waals surface area contributed by atoms with Gasteiger partial charge in [0.05, 0.1) is 16.9 Å². The molecule has 1 aromatic rings. The van der Waals surface area contributed by atoms with Gasteiger partial charge in [-0.2, -0.15) is 0 Å². The highest BCUT2D eigenvalue weighted by atomic mass is 32.2. The highest BCUT2D eigenvalue weighted by Gasteiger charge is 2.21. The highest BCUT2D eigenvalue weighted by Crippen LogP contribution is 2.17. The Balaban J connectivity index is 3.21. The van der Waals surface area contributed by atoms with Crippen LogP contribution >= 0.6 is 0 Å². The lowest BCUT2D eigenvalue weighted by Crippen LogP contribution is -2.25. The van der Waals surface area contributed by atoms with Crippen LogP contribution in [0.3, 0.4) is 0 Å². The monoisotopic (exact) mass is 279 g/mol. The maximum Gasteiger partial charge on any atom is 0.264 e. The summed E-state index contributed by atoms with van der Waals surface area (Å²) in [4.78, 5) is 4.63. The van der Waals surface area contributed by atoms with Crippen LogP contribution in [-0.4, -0.2) is 41.7 Å². The minimum atomic E-state index is -3.74. The van der Waals surface area contributed by atoms with Crippen molar-refractivity contribution >= 4 is 19.9 Å². The third-order valence-electron chi connectivity index (χ3n) is 2.15. The normalized spacial score (nSPS) is 12.9. The predicted molar refractivity (Wildman–Crippen MR) is 61.5 cm³/mol. The van der Waals surface area contributed by atoms with E-state index in [0.717, 1.165) is 6.26 Å². The van der Waals surface area contributed by atoms with Crippen LogP contribution in [-0.2, 0) is 24.7 Å². The summed E-state index contributed by atoms with van der Waals surface area (Å²) in [6, 6.07) is 4.93. The summed E-state index contributed by atoms with van der Waals surface area (Å²) in [5.41, 5.74) is 0. The van der Waals surface area contributed by atoms with Crippen molar-refractivity contribution in [3.8, 4) is 0 Å². The van der Waals surface area contributed by atoms with E-state index >= 15 is 0 Å². The summed E-state index contributed by atoms with van der Waals surface area (Å²) in [5, 5.41) is 0. The molecule has 0 atom stereocenters. The molecule has 6 nitrogen and oxygen atoms in total. The van der Waals surface area contributed by atoms with Crippen molar-refractivity contribution in [3.63, 3.8) is 0 Å². The summed E-state index contributed by atoms with van der Waals surface area (Å²) in [6.07, 6.45) is 1.05. The van der Waals surface area contributed by atoms with E-state index in [1.54, 1.807) is 0 Å². The molecule has 0 aliphatic carbocycles. The van der Waals surface area contributed by atoms with Crippen molar-refractivity contribution in [2.24, 2.45) is 0 Å². The molecule has 0 fully saturated rings. The summed E-state index contributed by atoms with van der Waals surface area (Å²) < 4.78 is 46.6. The van der Waals surface area contributed by atoms with Crippen LogP contribution < -0.4 is 0 Å². The van der Waals surface area contributed by atoms with Crippen LogP contribution in [0.1, 0.15) is 0 Å². The molecule has 1 rings (SSSR count). The zero-order valence-corrected chi connectivity index (χ0v) is 11.2. The fourth-order valence-corrected chi connectivity index (χ4v) is 2.71. The SMILES string of the molecule is CON(C)S(=O)(=O)c1ccc(S(C)(=O)=O)cc1. The summed E-state index contributed by atoms with van der Waals surface area (Å²) in [6.45, 7) is 0. The van der Waals surface area contributed by atoms with Gasteiger partial charge in [0.15, 0.2) is 9.84 Å². The van der Waals surface area contributed by atoms with Crippen LogP contribution in [0.25, 0.3) is 0 Å². The van der Waals surface area contributed by atoms with Gasteiger partial charge in [0.2, 0.25) is 0 Å². The third kappa shape index (κ3) is 3.03. The van der Waals surface area contributed by atoms with Gasteiger partial charge in [-0.15, -0.1) is 0 Å². The fourth-order valence-electron chi connectivity index (χ4n) is 1.11. The van der Waals surface area contributed by atoms with E-state index in [2.05, 4.69) is 4.84 Å². The Hall–Kier alpha value is -0.960. The van der Waals surface area contributed by atoms with E-state index in [9.17, 15) is 16.8 Å². The Morgan fingerprint density at radius 3 is 1.76 bits per heavy atom. The number of sulfonamides is 1. The average Bonchev–Trinajstić information content (AvgIpc) is 2.27. The minimum absolute atomic E-state index is 0.0331. The largest absolute Gasteiger partial charge is 0.288 e. The first kappa shape index (κ1) is 14.1. The zero-order valence-electron chi connectivity index (χ0n) is 9.61. The van der Waals surface area contributed by atoms with Crippen molar-refractivity contribution in [1.82, 2.24) is 4.47 Å². The third-order valence-corrected chi connectivity index (χ3v) is 4.97. The molecule has 0 radical (unpaired) electrons. The number of rotatable bonds is 4. The molecular formula is C9H13NO5S2. The van der Waals surface area contributed by atoms with Gasteiger partial charge >= 0.3 is 0 Å².